The van der Waals surface area contributed by atoms with Gasteiger partial charge in [-0.05, 0) is 38.2 Å². The second-order valence-corrected chi connectivity index (χ2v) is 4.34. The predicted molar refractivity (Wildman–Crippen MR) is 60.7 cm³/mol. The van der Waals surface area contributed by atoms with Crippen LogP contribution in [0.3, 0.4) is 0 Å². The molecular formula is C12H15FN2O. The van der Waals surface area contributed by atoms with Crippen molar-refractivity contribution in [2.24, 2.45) is 5.92 Å². The third kappa shape index (κ3) is 2.07. The Bertz CT molecular complexity index is 419. The van der Waals surface area contributed by atoms with Crippen molar-refractivity contribution in [2.75, 3.05) is 25.9 Å². The van der Waals surface area contributed by atoms with Gasteiger partial charge in [0.1, 0.15) is 5.82 Å². The van der Waals surface area contributed by atoms with Crippen molar-refractivity contribution in [2.45, 2.75) is 6.42 Å². The number of hydrogen-bond acceptors (Lipinski definition) is 3. The molecule has 1 aliphatic rings. The Morgan fingerprint density at radius 1 is 1.56 bits per heavy atom. The minimum absolute atomic E-state index is 0.0404. The molecule has 1 heterocycles. The van der Waals surface area contributed by atoms with Gasteiger partial charge in [0.05, 0.1) is 0 Å². The van der Waals surface area contributed by atoms with E-state index < -0.39 is 5.82 Å². The summed E-state index contributed by atoms with van der Waals surface area (Å²) in [5.41, 5.74) is 6.37. The maximum absolute atomic E-state index is 13.1. The monoisotopic (exact) mass is 222 g/mol. The lowest BCUT2D eigenvalue weighted by molar-refractivity contribution is 0.0925. The standard InChI is InChI=1S/C12H15FN2O/c1-15-5-4-8(7-15)12(16)10-6-9(13)2-3-11(10)14/h2-3,6,8H,4-5,7,14H2,1H3. The first kappa shape index (κ1) is 11.1. The summed E-state index contributed by atoms with van der Waals surface area (Å²) in [7, 11) is 1.97. The fourth-order valence-corrected chi connectivity index (χ4v) is 2.11. The summed E-state index contributed by atoms with van der Waals surface area (Å²) in [6, 6.07) is 3.95. The van der Waals surface area contributed by atoms with Crippen molar-refractivity contribution in [1.29, 1.82) is 0 Å². The van der Waals surface area contributed by atoms with Gasteiger partial charge in [-0.25, -0.2) is 4.39 Å². The van der Waals surface area contributed by atoms with E-state index >= 15 is 0 Å². The molecule has 1 fully saturated rings. The van der Waals surface area contributed by atoms with Crippen molar-refractivity contribution in [3.63, 3.8) is 0 Å². The molecule has 1 aliphatic heterocycles. The number of nitrogen functional groups attached to an aromatic ring is 1. The molecule has 0 spiro atoms. The number of benzene rings is 1. The summed E-state index contributed by atoms with van der Waals surface area (Å²) >= 11 is 0. The van der Waals surface area contributed by atoms with E-state index in [9.17, 15) is 9.18 Å². The van der Waals surface area contributed by atoms with Crippen LogP contribution < -0.4 is 5.73 Å². The van der Waals surface area contributed by atoms with Gasteiger partial charge in [-0.3, -0.25) is 4.79 Å². The largest absolute Gasteiger partial charge is 0.398 e. The summed E-state index contributed by atoms with van der Waals surface area (Å²) in [6.07, 6.45) is 0.825. The first-order valence-corrected chi connectivity index (χ1v) is 5.35. The number of nitrogens with two attached hydrogens (primary N) is 1. The van der Waals surface area contributed by atoms with Crippen LogP contribution >= 0.6 is 0 Å². The van der Waals surface area contributed by atoms with Crippen LogP contribution in [0.15, 0.2) is 18.2 Å². The summed E-state index contributed by atoms with van der Waals surface area (Å²) < 4.78 is 13.1. The maximum atomic E-state index is 13.1. The molecule has 1 aromatic rings. The zero-order valence-electron chi connectivity index (χ0n) is 9.24. The van der Waals surface area contributed by atoms with Crippen LogP contribution in [-0.2, 0) is 0 Å². The third-order valence-electron chi connectivity index (χ3n) is 3.04. The number of nitrogens with zero attached hydrogens (tertiary/aromatic N) is 1. The fraction of sp³-hybridized carbons (Fsp3) is 0.417. The molecule has 2 N–H and O–H groups in total. The van der Waals surface area contributed by atoms with Gasteiger partial charge in [0.15, 0.2) is 5.78 Å². The maximum Gasteiger partial charge on any atom is 0.169 e. The SMILES string of the molecule is CN1CCC(C(=O)c2cc(F)ccc2N)C1. The molecule has 1 atom stereocenters. The number of carbonyl (C=O) groups excluding carboxylic acids is 1. The van der Waals surface area contributed by atoms with E-state index in [0.717, 1.165) is 19.5 Å². The lowest BCUT2D eigenvalue weighted by Gasteiger charge is -2.11. The number of Topliss-reactive ketones (excluding diaryl/α,β-unsaturated/α-hetero) is 1. The first-order chi connectivity index (χ1) is 7.58. The molecule has 2 rings (SSSR count). The van der Waals surface area contributed by atoms with E-state index in [-0.39, 0.29) is 11.7 Å². The average Bonchev–Trinajstić information content (AvgIpc) is 2.67. The molecule has 1 saturated heterocycles. The molecule has 3 nitrogen and oxygen atoms in total. The number of hydrogen-bond donors (Lipinski definition) is 1. The number of halogens is 1. The third-order valence-corrected chi connectivity index (χ3v) is 3.04. The zero-order valence-corrected chi connectivity index (χ0v) is 9.24. The summed E-state index contributed by atoms with van der Waals surface area (Å²) in [6.45, 7) is 1.64. The van der Waals surface area contributed by atoms with Crippen molar-refractivity contribution < 1.29 is 9.18 Å². The molecular weight excluding hydrogens is 207 g/mol. The van der Waals surface area contributed by atoms with E-state index in [1.165, 1.54) is 18.2 Å². The highest BCUT2D eigenvalue weighted by atomic mass is 19.1. The van der Waals surface area contributed by atoms with Crippen molar-refractivity contribution in [1.82, 2.24) is 4.90 Å². The van der Waals surface area contributed by atoms with Crippen molar-refractivity contribution in [3.8, 4) is 0 Å². The van der Waals surface area contributed by atoms with Gasteiger partial charge >= 0.3 is 0 Å². The number of carbonyl (C=O) groups is 1. The van der Waals surface area contributed by atoms with Crippen LogP contribution in [0.5, 0.6) is 0 Å². The number of ketones is 1. The molecule has 16 heavy (non-hydrogen) atoms. The molecule has 0 aromatic heterocycles. The second kappa shape index (κ2) is 4.22. The second-order valence-electron chi connectivity index (χ2n) is 4.34. The van der Waals surface area contributed by atoms with Crippen LogP contribution in [0, 0.1) is 11.7 Å². The summed E-state index contributed by atoms with van der Waals surface area (Å²) in [4.78, 5) is 14.2. The summed E-state index contributed by atoms with van der Waals surface area (Å²) in [5, 5.41) is 0. The van der Waals surface area contributed by atoms with E-state index in [2.05, 4.69) is 4.90 Å². The normalized spacial score (nSPS) is 21.2. The van der Waals surface area contributed by atoms with Gasteiger partial charge in [-0.15, -0.1) is 0 Å². The van der Waals surface area contributed by atoms with Crippen molar-refractivity contribution in [3.05, 3.63) is 29.6 Å². The average molecular weight is 222 g/mol. The predicted octanol–water partition coefficient (Wildman–Crippen LogP) is 1.54. The molecule has 0 aliphatic carbocycles. The van der Waals surface area contributed by atoms with E-state index in [4.69, 9.17) is 5.73 Å². The molecule has 86 valence electrons. The Labute approximate surface area is 94.0 Å². The Morgan fingerprint density at radius 2 is 2.31 bits per heavy atom. The lowest BCUT2D eigenvalue weighted by Crippen LogP contribution is -2.20. The molecule has 0 amide bonds. The van der Waals surface area contributed by atoms with Crippen LogP contribution in [0.25, 0.3) is 0 Å². The van der Waals surface area contributed by atoms with Crippen LogP contribution in [0.1, 0.15) is 16.8 Å². The first-order valence-electron chi connectivity index (χ1n) is 5.35. The molecule has 0 saturated carbocycles. The topological polar surface area (TPSA) is 46.3 Å². The molecule has 0 radical (unpaired) electrons. The molecule has 4 heteroatoms. The van der Waals surface area contributed by atoms with E-state index in [0.29, 0.717) is 11.3 Å². The fourth-order valence-electron chi connectivity index (χ4n) is 2.11. The Kier molecular flexibility index (Phi) is 2.92. The number of likely N-dealkylation sites (tertiary alicyclic amines) is 1. The van der Waals surface area contributed by atoms with E-state index in [1.807, 2.05) is 7.05 Å². The van der Waals surface area contributed by atoms with Crippen LogP contribution in [-0.4, -0.2) is 30.8 Å². The number of rotatable bonds is 2. The van der Waals surface area contributed by atoms with Gasteiger partial charge in [-0.2, -0.15) is 0 Å². The lowest BCUT2D eigenvalue weighted by atomic mass is 9.96. The summed E-state index contributed by atoms with van der Waals surface area (Å²) in [5.74, 6) is -0.501. The van der Waals surface area contributed by atoms with Gasteiger partial charge in [0.2, 0.25) is 0 Å². The van der Waals surface area contributed by atoms with Gasteiger partial charge in [0, 0.05) is 23.7 Å². The highest BCUT2D eigenvalue weighted by Gasteiger charge is 2.28. The van der Waals surface area contributed by atoms with Gasteiger partial charge in [-0.1, -0.05) is 0 Å². The highest BCUT2D eigenvalue weighted by Crippen LogP contribution is 2.23. The number of anilines is 1. The van der Waals surface area contributed by atoms with E-state index in [1.54, 1.807) is 0 Å². The molecule has 1 unspecified atom stereocenters. The molecule has 1 aromatic carbocycles. The van der Waals surface area contributed by atoms with Gasteiger partial charge < -0.3 is 10.6 Å². The highest BCUT2D eigenvalue weighted by molar-refractivity contribution is 6.02. The minimum Gasteiger partial charge on any atom is -0.398 e. The Morgan fingerprint density at radius 3 is 2.94 bits per heavy atom. The van der Waals surface area contributed by atoms with Crippen molar-refractivity contribution >= 4 is 11.5 Å². The smallest absolute Gasteiger partial charge is 0.169 e. The van der Waals surface area contributed by atoms with Crippen LogP contribution in [0.4, 0.5) is 10.1 Å². The molecule has 0 bridgehead atoms. The van der Waals surface area contributed by atoms with Crippen LogP contribution in [0.2, 0.25) is 0 Å². The Balaban J connectivity index is 2.23. The zero-order chi connectivity index (χ0) is 11.7. The quantitative estimate of drug-likeness (QED) is 0.610. The minimum atomic E-state index is -0.413. The Hall–Kier alpha value is -1.42. The van der Waals surface area contributed by atoms with Gasteiger partial charge in [0.25, 0.3) is 0 Å².